The van der Waals surface area contributed by atoms with Gasteiger partial charge in [-0.05, 0) is 31.0 Å². The minimum atomic E-state index is 0.674. The Morgan fingerprint density at radius 2 is 2.17 bits per heavy atom. The van der Waals surface area contributed by atoms with E-state index in [4.69, 9.17) is 11.6 Å². The maximum Gasteiger partial charge on any atom is 0.123 e. The quantitative estimate of drug-likeness (QED) is 0.921. The second kappa shape index (κ2) is 4.90. The Labute approximate surface area is 112 Å². The Hall–Kier alpha value is -1.06. The summed E-state index contributed by atoms with van der Waals surface area (Å²) in [5.74, 6) is 1.08. The molecule has 96 valence electrons. The third kappa shape index (κ3) is 2.25. The van der Waals surface area contributed by atoms with Crippen LogP contribution in [0.3, 0.4) is 0 Å². The SMILES string of the molecule is Cn1c(CNC2CCCC2)nc2cc(Cl)ccc21. The fraction of sp³-hybridized carbons (Fsp3) is 0.500. The number of hydrogen-bond acceptors (Lipinski definition) is 2. The van der Waals surface area contributed by atoms with Crippen molar-refractivity contribution < 1.29 is 0 Å². The van der Waals surface area contributed by atoms with Crippen LogP contribution in [-0.2, 0) is 13.6 Å². The monoisotopic (exact) mass is 263 g/mol. The van der Waals surface area contributed by atoms with Gasteiger partial charge in [-0.25, -0.2) is 4.98 Å². The van der Waals surface area contributed by atoms with Crippen LogP contribution < -0.4 is 5.32 Å². The molecule has 18 heavy (non-hydrogen) atoms. The van der Waals surface area contributed by atoms with Crippen LogP contribution in [0.1, 0.15) is 31.5 Å². The van der Waals surface area contributed by atoms with Crippen molar-refractivity contribution in [3.8, 4) is 0 Å². The summed E-state index contributed by atoms with van der Waals surface area (Å²) in [5.41, 5.74) is 2.12. The third-order valence-corrected chi connectivity index (χ3v) is 4.07. The van der Waals surface area contributed by atoms with Gasteiger partial charge in [0.05, 0.1) is 17.6 Å². The largest absolute Gasteiger partial charge is 0.330 e. The summed E-state index contributed by atoms with van der Waals surface area (Å²) < 4.78 is 2.15. The van der Waals surface area contributed by atoms with Crippen LogP contribution in [0.2, 0.25) is 5.02 Å². The lowest BCUT2D eigenvalue weighted by Gasteiger charge is -2.11. The van der Waals surface area contributed by atoms with E-state index in [1.165, 1.54) is 25.7 Å². The average molecular weight is 264 g/mol. The van der Waals surface area contributed by atoms with Crippen LogP contribution in [0.5, 0.6) is 0 Å². The molecule has 0 radical (unpaired) electrons. The van der Waals surface area contributed by atoms with Gasteiger partial charge in [0, 0.05) is 18.1 Å². The number of benzene rings is 1. The zero-order valence-corrected chi connectivity index (χ0v) is 11.4. The van der Waals surface area contributed by atoms with Crippen LogP contribution in [0.15, 0.2) is 18.2 Å². The van der Waals surface area contributed by atoms with E-state index < -0.39 is 0 Å². The Kier molecular flexibility index (Phi) is 3.27. The molecule has 1 N–H and O–H groups in total. The molecule has 2 aromatic rings. The number of nitrogens with zero attached hydrogens (tertiary/aromatic N) is 2. The van der Waals surface area contributed by atoms with Gasteiger partial charge in [-0.1, -0.05) is 24.4 Å². The van der Waals surface area contributed by atoms with Gasteiger partial charge in [-0.3, -0.25) is 0 Å². The summed E-state index contributed by atoms with van der Waals surface area (Å²) in [6.07, 6.45) is 5.32. The molecule has 4 heteroatoms. The summed E-state index contributed by atoms with van der Waals surface area (Å²) in [4.78, 5) is 4.65. The Morgan fingerprint density at radius 3 is 2.94 bits per heavy atom. The van der Waals surface area contributed by atoms with Gasteiger partial charge < -0.3 is 9.88 Å². The molecule has 3 rings (SSSR count). The maximum absolute atomic E-state index is 6.00. The van der Waals surface area contributed by atoms with Crippen LogP contribution in [0.25, 0.3) is 11.0 Å². The summed E-state index contributed by atoms with van der Waals surface area (Å²) in [6, 6.07) is 6.55. The summed E-state index contributed by atoms with van der Waals surface area (Å²) in [6.45, 7) is 0.841. The van der Waals surface area contributed by atoms with Crippen molar-refractivity contribution in [2.24, 2.45) is 7.05 Å². The molecule has 1 aliphatic carbocycles. The Bertz CT molecular complexity index is 555. The summed E-state index contributed by atoms with van der Waals surface area (Å²) in [5, 5.41) is 4.34. The molecule has 0 unspecified atom stereocenters. The van der Waals surface area contributed by atoms with E-state index in [2.05, 4.69) is 21.9 Å². The van der Waals surface area contributed by atoms with E-state index in [-0.39, 0.29) is 0 Å². The molecule has 0 amide bonds. The topological polar surface area (TPSA) is 29.9 Å². The van der Waals surface area contributed by atoms with Crippen LogP contribution in [0.4, 0.5) is 0 Å². The molecule has 0 saturated heterocycles. The van der Waals surface area contributed by atoms with E-state index in [9.17, 15) is 0 Å². The standard InChI is InChI=1S/C14H18ClN3/c1-18-13-7-6-10(15)8-12(13)17-14(18)9-16-11-4-2-3-5-11/h6-8,11,16H,2-5,9H2,1H3. The van der Waals surface area contributed by atoms with Gasteiger partial charge in [-0.2, -0.15) is 0 Å². The molecule has 1 aromatic heterocycles. The first-order valence-electron chi connectivity index (χ1n) is 6.58. The first-order valence-corrected chi connectivity index (χ1v) is 6.96. The van der Waals surface area contributed by atoms with Crippen molar-refractivity contribution in [3.63, 3.8) is 0 Å². The minimum absolute atomic E-state index is 0.674. The molecule has 0 spiro atoms. The lowest BCUT2D eigenvalue weighted by molar-refractivity contribution is 0.508. The number of imidazole rings is 1. The Balaban J connectivity index is 1.80. The summed E-state index contributed by atoms with van der Waals surface area (Å²) >= 11 is 6.00. The molecule has 1 fully saturated rings. The molecule has 0 aliphatic heterocycles. The highest BCUT2D eigenvalue weighted by Gasteiger charge is 2.15. The molecule has 1 aromatic carbocycles. The van der Waals surface area contributed by atoms with Gasteiger partial charge in [0.25, 0.3) is 0 Å². The number of rotatable bonds is 3. The second-order valence-corrected chi connectivity index (χ2v) is 5.52. The molecule has 3 nitrogen and oxygen atoms in total. The molecule has 1 saturated carbocycles. The van der Waals surface area contributed by atoms with Crippen LogP contribution in [0, 0.1) is 0 Å². The van der Waals surface area contributed by atoms with E-state index >= 15 is 0 Å². The van der Waals surface area contributed by atoms with E-state index in [1.807, 2.05) is 18.2 Å². The van der Waals surface area contributed by atoms with Crippen molar-refractivity contribution in [1.82, 2.24) is 14.9 Å². The van der Waals surface area contributed by atoms with Crippen LogP contribution in [-0.4, -0.2) is 15.6 Å². The smallest absolute Gasteiger partial charge is 0.123 e. The van der Waals surface area contributed by atoms with E-state index in [0.29, 0.717) is 6.04 Å². The number of hydrogen-bond donors (Lipinski definition) is 1. The average Bonchev–Trinajstić information content (AvgIpc) is 2.95. The number of nitrogens with one attached hydrogen (secondary N) is 1. The van der Waals surface area contributed by atoms with Crippen LogP contribution >= 0.6 is 11.6 Å². The molecular formula is C14H18ClN3. The van der Waals surface area contributed by atoms with Crippen molar-refractivity contribution in [2.75, 3.05) is 0 Å². The fourth-order valence-corrected chi connectivity index (χ4v) is 2.91. The second-order valence-electron chi connectivity index (χ2n) is 5.08. The van der Waals surface area contributed by atoms with Crippen molar-refractivity contribution in [2.45, 2.75) is 38.3 Å². The number of fused-ring (bicyclic) bond motifs is 1. The lowest BCUT2D eigenvalue weighted by Crippen LogP contribution is -2.26. The highest BCUT2D eigenvalue weighted by molar-refractivity contribution is 6.31. The maximum atomic E-state index is 6.00. The number of aromatic nitrogens is 2. The van der Waals surface area contributed by atoms with Gasteiger partial charge in [0.2, 0.25) is 0 Å². The predicted octanol–water partition coefficient (Wildman–Crippen LogP) is 3.26. The normalized spacial score (nSPS) is 16.8. The number of halogens is 1. The van der Waals surface area contributed by atoms with Gasteiger partial charge in [0.15, 0.2) is 0 Å². The first kappa shape index (κ1) is 12.0. The zero-order valence-electron chi connectivity index (χ0n) is 10.6. The third-order valence-electron chi connectivity index (χ3n) is 3.84. The molecule has 0 atom stereocenters. The van der Waals surface area contributed by atoms with Gasteiger partial charge >= 0.3 is 0 Å². The van der Waals surface area contributed by atoms with Crippen molar-refractivity contribution in [3.05, 3.63) is 29.0 Å². The van der Waals surface area contributed by atoms with E-state index in [1.54, 1.807) is 0 Å². The highest BCUT2D eigenvalue weighted by Crippen LogP contribution is 2.21. The van der Waals surface area contributed by atoms with Crippen molar-refractivity contribution in [1.29, 1.82) is 0 Å². The first-order chi connectivity index (χ1) is 8.74. The van der Waals surface area contributed by atoms with Crippen molar-refractivity contribution >= 4 is 22.6 Å². The molecular weight excluding hydrogens is 246 g/mol. The molecule has 1 heterocycles. The fourth-order valence-electron chi connectivity index (χ4n) is 2.75. The molecule has 0 bridgehead atoms. The van der Waals surface area contributed by atoms with Gasteiger partial charge in [-0.15, -0.1) is 0 Å². The summed E-state index contributed by atoms with van der Waals surface area (Å²) in [7, 11) is 2.06. The zero-order chi connectivity index (χ0) is 12.5. The Morgan fingerprint density at radius 1 is 1.39 bits per heavy atom. The lowest BCUT2D eigenvalue weighted by atomic mass is 10.2. The predicted molar refractivity (Wildman–Crippen MR) is 74.8 cm³/mol. The molecule has 1 aliphatic rings. The van der Waals surface area contributed by atoms with E-state index in [0.717, 1.165) is 28.4 Å². The highest BCUT2D eigenvalue weighted by atomic mass is 35.5. The van der Waals surface area contributed by atoms with Gasteiger partial charge in [0.1, 0.15) is 5.82 Å². The minimum Gasteiger partial charge on any atom is -0.330 e. The number of aryl methyl sites for hydroxylation is 1.